The smallest absolute Gasteiger partial charge is 0.156 e. The Hall–Kier alpha value is -0.0500. The third-order valence-corrected chi connectivity index (χ3v) is 5.19. The van der Waals surface area contributed by atoms with E-state index < -0.39 is 9.84 Å². The van der Waals surface area contributed by atoms with Gasteiger partial charge in [-0.15, -0.1) is 0 Å². The minimum atomic E-state index is -2.70. The van der Waals surface area contributed by atoms with Crippen molar-refractivity contribution in [3.63, 3.8) is 0 Å². The van der Waals surface area contributed by atoms with Crippen LogP contribution >= 0.6 is 0 Å². The van der Waals surface area contributed by atoms with Gasteiger partial charge in [0, 0.05) is 0 Å². The largest absolute Gasteiger partial charge is 0.228 e. The van der Waals surface area contributed by atoms with Gasteiger partial charge in [0.05, 0.1) is 10.5 Å². The molecule has 0 aromatic heterocycles. The summed E-state index contributed by atoms with van der Waals surface area (Å²) >= 11 is 0. The van der Waals surface area contributed by atoms with Gasteiger partial charge in [-0.25, -0.2) is 8.42 Å². The first-order chi connectivity index (χ1) is 4.46. The first-order valence-electron chi connectivity index (χ1n) is 3.69. The third kappa shape index (κ3) is 0.965. The molecule has 1 unspecified atom stereocenters. The van der Waals surface area contributed by atoms with Crippen molar-refractivity contribution in [2.45, 2.75) is 37.7 Å². The Balaban J connectivity index is 2.74. The molecule has 1 aliphatic heterocycles. The maximum atomic E-state index is 11.2. The minimum Gasteiger partial charge on any atom is -0.228 e. The standard InChI is InChI=1S/C7H14O2S/c1-5(2)7-4-6(3)10(7,8)9/h5-7H,4H2,1-3H3/t6-,7?/m0/s1. The van der Waals surface area contributed by atoms with E-state index in [-0.39, 0.29) is 10.5 Å². The van der Waals surface area contributed by atoms with Gasteiger partial charge >= 0.3 is 0 Å². The molecule has 60 valence electrons. The Morgan fingerprint density at radius 3 is 2.00 bits per heavy atom. The van der Waals surface area contributed by atoms with Crippen molar-refractivity contribution in [2.24, 2.45) is 5.92 Å². The van der Waals surface area contributed by atoms with Crippen molar-refractivity contribution in [1.82, 2.24) is 0 Å². The zero-order chi connectivity index (χ0) is 7.94. The topological polar surface area (TPSA) is 34.1 Å². The molecule has 0 N–H and O–H groups in total. The van der Waals surface area contributed by atoms with Gasteiger partial charge in [-0.05, 0) is 19.3 Å². The van der Waals surface area contributed by atoms with Gasteiger partial charge in [-0.1, -0.05) is 13.8 Å². The lowest BCUT2D eigenvalue weighted by Crippen LogP contribution is -2.46. The molecule has 1 rings (SSSR count). The second kappa shape index (κ2) is 2.22. The maximum Gasteiger partial charge on any atom is 0.156 e. The fourth-order valence-corrected chi connectivity index (χ4v) is 3.45. The minimum absolute atomic E-state index is 0.0532. The van der Waals surface area contributed by atoms with E-state index in [2.05, 4.69) is 0 Å². The Labute approximate surface area is 62.5 Å². The van der Waals surface area contributed by atoms with E-state index in [0.717, 1.165) is 6.42 Å². The molecule has 1 heterocycles. The van der Waals surface area contributed by atoms with E-state index in [1.807, 2.05) is 13.8 Å². The normalized spacial score (nSPS) is 37.6. The van der Waals surface area contributed by atoms with E-state index in [1.165, 1.54) is 0 Å². The highest BCUT2D eigenvalue weighted by Gasteiger charge is 2.44. The van der Waals surface area contributed by atoms with Crippen molar-refractivity contribution in [3.8, 4) is 0 Å². The predicted molar refractivity (Wildman–Crippen MR) is 41.6 cm³/mol. The van der Waals surface area contributed by atoms with Gasteiger partial charge in [0.15, 0.2) is 9.84 Å². The van der Waals surface area contributed by atoms with E-state index in [4.69, 9.17) is 0 Å². The molecule has 0 bridgehead atoms. The Kier molecular flexibility index (Phi) is 1.79. The summed E-state index contributed by atoms with van der Waals surface area (Å²) in [5.74, 6) is 0.293. The molecule has 2 nitrogen and oxygen atoms in total. The number of hydrogen-bond acceptors (Lipinski definition) is 2. The highest BCUT2D eigenvalue weighted by atomic mass is 32.2. The van der Waals surface area contributed by atoms with Crippen LogP contribution in [-0.2, 0) is 9.84 Å². The summed E-state index contributed by atoms with van der Waals surface area (Å²) in [6.07, 6.45) is 0.861. The third-order valence-electron chi connectivity index (χ3n) is 2.29. The molecule has 1 saturated heterocycles. The number of rotatable bonds is 1. The summed E-state index contributed by atoms with van der Waals surface area (Å²) in [4.78, 5) is 0. The Morgan fingerprint density at radius 1 is 1.40 bits per heavy atom. The lowest BCUT2D eigenvalue weighted by atomic mass is 10.1. The van der Waals surface area contributed by atoms with E-state index in [0.29, 0.717) is 5.92 Å². The molecule has 0 spiro atoms. The predicted octanol–water partition coefficient (Wildman–Crippen LogP) is 1.22. The zero-order valence-corrected chi connectivity index (χ0v) is 7.48. The summed E-state index contributed by atoms with van der Waals surface area (Å²) in [5, 5.41) is -0.137. The summed E-state index contributed by atoms with van der Waals surface area (Å²) in [6, 6.07) is 0. The van der Waals surface area contributed by atoms with Crippen LogP contribution in [0.3, 0.4) is 0 Å². The summed E-state index contributed by atoms with van der Waals surface area (Å²) in [6.45, 7) is 5.72. The average molecular weight is 162 g/mol. The van der Waals surface area contributed by atoms with E-state index in [9.17, 15) is 8.42 Å². The van der Waals surface area contributed by atoms with Crippen LogP contribution in [0.1, 0.15) is 27.2 Å². The number of sulfone groups is 1. The second-order valence-electron chi connectivity index (χ2n) is 3.42. The zero-order valence-electron chi connectivity index (χ0n) is 6.66. The highest BCUT2D eigenvalue weighted by Crippen LogP contribution is 2.33. The van der Waals surface area contributed by atoms with E-state index >= 15 is 0 Å². The molecular formula is C7H14O2S. The summed E-state index contributed by atoms with van der Waals surface area (Å²) < 4.78 is 22.4. The van der Waals surface area contributed by atoms with Crippen LogP contribution in [0.5, 0.6) is 0 Å². The van der Waals surface area contributed by atoms with Gasteiger partial charge in [0.25, 0.3) is 0 Å². The maximum absolute atomic E-state index is 11.2. The van der Waals surface area contributed by atoms with Crippen molar-refractivity contribution >= 4 is 9.84 Å². The Morgan fingerprint density at radius 2 is 1.90 bits per heavy atom. The summed E-state index contributed by atoms with van der Waals surface area (Å²) in [7, 11) is -2.70. The quantitative estimate of drug-likeness (QED) is 0.581. The fraction of sp³-hybridized carbons (Fsp3) is 1.00. The lowest BCUT2D eigenvalue weighted by Gasteiger charge is -2.35. The average Bonchev–Trinajstić information content (AvgIpc) is 1.82. The van der Waals surface area contributed by atoms with Crippen LogP contribution < -0.4 is 0 Å². The van der Waals surface area contributed by atoms with Crippen molar-refractivity contribution in [2.75, 3.05) is 0 Å². The highest BCUT2D eigenvalue weighted by molar-refractivity contribution is 7.94. The van der Waals surface area contributed by atoms with Crippen LogP contribution in [0.25, 0.3) is 0 Å². The molecule has 3 heteroatoms. The summed E-state index contributed by atoms with van der Waals surface area (Å²) in [5.41, 5.74) is 0. The van der Waals surface area contributed by atoms with Gasteiger partial charge in [0.2, 0.25) is 0 Å². The SMILES string of the molecule is CC(C)C1C[C@H](C)S1(=O)=O. The monoisotopic (exact) mass is 162 g/mol. The Bertz CT molecular complexity index is 216. The van der Waals surface area contributed by atoms with Crippen LogP contribution in [0.2, 0.25) is 0 Å². The molecular weight excluding hydrogens is 148 g/mol. The lowest BCUT2D eigenvalue weighted by molar-refractivity contribution is 0.454. The van der Waals surface area contributed by atoms with Crippen molar-refractivity contribution in [1.29, 1.82) is 0 Å². The van der Waals surface area contributed by atoms with E-state index in [1.54, 1.807) is 6.92 Å². The van der Waals surface area contributed by atoms with Crippen molar-refractivity contribution in [3.05, 3.63) is 0 Å². The van der Waals surface area contributed by atoms with Gasteiger partial charge in [0.1, 0.15) is 0 Å². The molecule has 0 amide bonds. The van der Waals surface area contributed by atoms with Crippen LogP contribution in [0.4, 0.5) is 0 Å². The fourth-order valence-electron chi connectivity index (χ4n) is 1.42. The van der Waals surface area contributed by atoms with Gasteiger partial charge in [-0.3, -0.25) is 0 Å². The molecule has 10 heavy (non-hydrogen) atoms. The van der Waals surface area contributed by atoms with Crippen molar-refractivity contribution < 1.29 is 8.42 Å². The van der Waals surface area contributed by atoms with Gasteiger partial charge in [-0.2, -0.15) is 0 Å². The molecule has 1 aliphatic rings. The first-order valence-corrected chi connectivity index (χ1v) is 5.30. The molecule has 0 aliphatic carbocycles. The van der Waals surface area contributed by atoms with Gasteiger partial charge < -0.3 is 0 Å². The number of hydrogen-bond donors (Lipinski definition) is 0. The second-order valence-corrected chi connectivity index (χ2v) is 6.01. The molecule has 0 aromatic rings. The van der Waals surface area contributed by atoms with Crippen LogP contribution in [0, 0.1) is 5.92 Å². The first kappa shape index (κ1) is 8.05. The molecule has 2 atom stereocenters. The van der Waals surface area contributed by atoms with Crippen LogP contribution in [0.15, 0.2) is 0 Å². The molecule has 0 saturated carbocycles. The molecule has 0 aromatic carbocycles. The van der Waals surface area contributed by atoms with Crippen LogP contribution in [-0.4, -0.2) is 18.9 Å². The molecule has 1 fully saturated rings. The molecule has 0 radical (unpaired) electrons.